The maximum atomic E-state index is 13.7. The first kappa shape index (κ1) is 26.6. The molecular formula is C26H32FNO7. The molecule has 0 aromatic heterocycles. The Morgan fingerprint density at radius 2 is 2.00 bits per heavy atom. The molecule has 190 valence electrons. The standard InChI is InChI=1S/C26H32FNO7/c1-4-14(10-15-7-8-20(30)19(27)11-15)6-9-21(31)22-16(5-2)12-17-23(18(22)13-29)25(33)28(24(17)32)26(34)35-3/h7-8,10-11,17-18,21,23,29-31H,4-6,9,12-13H2,1-3H3/b14-10+/t17-,18+,21-,23-/m1/s1. The van der Waals surface area contributed by atoms with Gasteiger partial charge in [0.05, 0.1) is 31.7 Å². The summed E-state index contributed by atoms with van der Waals surface area (Å²) < 4.78 is 18.3. The van der Waals surface area contributed by atoms with Crippen molar-refractivity contribution in [3.63, 3.8) is 0 Å². The molecular weight excluding hydrogens is 457 g/mol. The number of aliphatic hydroxyl groups is 2. The molecule has 3 N–H and O–H groups in total. The van der Waals surface area contributed by atoms with Gasteiger partial charge in [0.1, 0.15) is 0 Å². The quantitative estimate of drug-likeness (QED) is 0.377. The van der Waals surface area contributed by atoms with E-state index in [9.17, 15) is 34.1 Å². The van der Waals surface area contributed by atoms with E-state index in [0.29, 0.717) is 41.7 Å². The summed E-state index contributed by atoms with van der Waals surface area (Å²) in [5.74, 6) is -4.99. The van der Waals surface area contributed by atoms with Crippen LogP contribution in [0, 0.1) is 23.6 Å². The average molecular weight is 490 g/mol. The van der Waals surface area contributed by atoms with Crippen LogP contribution in [-0.2, 0) is 14.3 Å². The van der Waals surface area contributed by atoms with Crippen LogP contribution in [0.5, 0.6) is 5.75 Å². The summed E-state index contributed by atoms with van der Waals surface area (Å²) in [7, 11) is 1.09. The Labute approximate surface area is 203 Å². The van der Waals surface area contributed by atoms with Crippen LogP contribution in [0.1, 0.15) is 51.5 Å². The van der Waals surface area contributed by atoms with Crippen LogP contribution in [0.2, 0.25) is 0 Å². The van der Waals surface area contributed by atoms with Crippen molar-refractivity contribution in [1.82, 2.24) is 4.90 Å². The molecule has 1 aromatic carbocycles. The van der Waals surface area contributed by atoms with Crippen LogP contribution in [0.4, 0.5) is 9.18 Å². The summed E-state index contributed by atoms with van der Waals surface area (Å²) in [5.41, 5.74) is 2.89. The maximum Gasteiger partial charge on any atom is 0.423 e. The van der Waals surface area contributed by atoms with Crippen molar-refractivity contribution in [3.05, 3.63) is 46.3 Å². The van der Waals surface area contributed by atoms with Gasteiger partial charge in [0.15, 0.2) is 11.6 Å². The summed E-state index contributed by atoms with van der Waals surface area (Å²) in [6, 6.07) is 4.11. The normalized spacial score (nSPS) is 23.5. The minimum Gasteiger partial charge on any atom is -0.505 e. The molecule has 35 heavy (non-hydrogen) atoms. The topological polar surface area (TPSA) is 124 Å². The first-order valence-corrected chi connectivity index (χ1v) is 11.8. The fourth-order valence-corrected chi connectivity index (χ4v) is 5.25. The predicted molar refractivity (Wildman–Crippen MR) is 125 cm³/mol. The number of rotatable bonds is 8. The number of aromatic hydroxyl groups is 1. The number of methoxy groups -OCH3 is 1. The molecule has 2 aliphatic rings. The zero-order chi connectivity index (χ0) is 25.9. The SMILES string of the molecule is CCC1=C([C@H](O)CC/C(=C/c2ccc(O)c(F)c2)CC)[C@H](CO)[C@@H]2C(=O)N(C(=O)OC)C(=O)[C@@H]2C1. The number of benzene rings is 1. The van der Waals surface area contributed by atoms with Gasteiger partial charge in [-0.3, -0.25) is 9.59 Å². The van der Waals surface area contributed by atoms with Crippen molar-refractivity contribution in [2.24, 2.45) is 17.8 Å². The number of hydrogen-bond acceptors (Lipinski definition) is 7. The molecule has 1 saturated heterocycles. The van der Waals surface area contributed by atoms with E-state index in [1.165, 1.54) is 12.1 Å². The van der Waals surface area contributed by atoms with Gasteiger partial charge in [-0.05, 0) is 55.4 Å². The van der Waals surface area contributed by atoms with Crippen LogP contribution >= 0.6 is 0 Å². The molecule has 1 fully saturated rings. The summed E-state index contributed by atoms with van der Waals surface area (Å²) in [4.78, 5) is 38.3. The first-order chi connectivity index (χ1) is 16.7. The van der Waals surface area contributed by atoms with E-state index in [0.717, 1.165) is 18.3 Å². The first-order valence-electron chi connectivity index (χ1n) is 11.8. The predicted octanol–water partition coefficient (Wildman–Crippen LogP) is 3.55. The number of fused-ring (bicyclic) bond motifs is 1. The van der Waals surface area contributed by atoms with Crippen molar-refractivity contribution < 1.29 is 38.8 Å². The molecule has 0 bridgehead atoms. The smallest absolute Gasteiger partial charge is 0.423 e. The zero-order valence-corrected chi connectivity index (χ0v) is 20.2. The van der Waals surface area contributed by atoms with Gasteiger partial charge in [-0.1, -0.05) is 37.1 Å². The van der Waals surface area contributed by atoms with E-state index in [1.807, 2.05) is 13.8 Å². The number of hydrogen-bond donors (Lipinski definition) is 3. The number of aliphatic hydroxyl groups excluding tert-OH is 2. The van der Waals surface area contributed by atoms with Crippen molar-refractivity contribution >= 4 is 24.0 Å². The highest BCUT2D eigenvalue weighted by molar-refractivity contribution is 6.15. The second-order valence-corrected chi connectivity index (χ2v) is 8.94. The van der Waals surface area contributed by atoms with E-state index >= 15 is 0 Å². The number of nitrogens with zero attached hydrogens (tertiary/aromatic N) is 1. The summed E-state index contributed by atoms with van der Waals surface area (Å²) in [5, 5.41) is 30.8. The molecule has 4 atom stereocenters. The second-order valence-electron chi connectivity index (χ2n) is 8.94. The number of halogens is 1. The number of phenolic OH excluding ortho intramolecular Hbond substituents is 1. The molecule has 1 aliphatic carbocycles. The van der Waals surface area contributed by atoms with Crippen LogP contribution in [0.15, 0.2) is 34.9 Å². The number of amides is 3. The Hall–Kier alpha value is -3.04. The Balaban J connectivity index is 1.84. The summed E-state index contributed by atoms with van der Waals surface area (Å²) >= 11 is 0. The van der Waals surface area contributed by atoms with Crippen LogP contribution < -0.4 is 0 Å². The number of imide groups is 3. The molecule has 8 nitrogen and oxygen atoms in total. The lowest BCUT2D eigenvalue weighted by molar-refractivity contribution is -0.137. The molecule has 0 unspecified atom stereocenters. The highest BCUT2D eigenvalue weighted by atomic mass is 19.1. The molecule has 3 rings (SSSR count). The van der Waals surface area contributed by atoms with E-state index in [2.05, 4.69) is 4.74 Å². The van der Waals surface area contributed by atoms with Crippen LogP contribution in [-0.4, -0.2) is 57.9 Å². The Bertz CT molecular complexity index is 1060. The molecule has 1 aliphatic heterocycles. The third-order valence-electron chi connectivity index (χ3n) is 7.06. The minimum atomic E-state index is -1.05. The monoisotopic (exact) mass is 489 g/mol. The van der Waals surface area contributed by atoms with Gasteiger partial charge in [0, 0.05) is 5.92 Å². The molecule has 0 spiro atoms. The Morgan fingerprint density at radius 3 is 2.57 bits per heavy atom. The van der Waals surface area contributed by atoms with Crippen LogP contribution in [0.25, 0.3) is 6.08 Å². The van der Waals surface area contributed by atoms with Gasteiger partial charge < -0.3 is 20.1 Å². The number of phenols is 1. The van der Waals surface area contributed by atoms with E-state index in [4.69, 9.17) is 0 Å². The second kappa shape index (κ2) is 11.1. The maximum absolute atomic E-state index is 13.7. The number of carbonyl (C=O) groups is 3. The lowest BCUT2D eigenvalue weighted by atomic mass is 9.67. The van der Waals surface area contributed by atoms with Gasteiger partial charge in [-0.15, -0.1) is 0 Å². The third-order valence-corrected chi connectivity index (χ3v) is 7.06. The van der Waals surface area contributed by atoms with Gasteiger partial charge in [0.25, 0.3) is 0 Å². The summed E-state index contributed by atoms with van der Waals surface area (Å²) in [6.45, 7) is 3.37. The van der Waals surface area contributed by atoms with E-state index < -0.39 is 59.9 Å². The highest BCUT2D eigenvalue weighted by Gasteiger charge is 2.56. The molecule has 1 aromatic rings. The number of likely N-dealkylation sites (tertiary alicyclic amines) is 1. The number of ether oxygens (including phenoxy) is 1. The molecule has 0 saturated carbocycles. The lowest BCUT2D eigenvalue weighted by Gasteiger charge is -2.36. The minimum absolute atomic E-state index is 0.228. The zero-order valence-electron chi connectivity index (χ0n) is 20.2. The largest absolute Gasteiger partial charge is 0.505 e. The van der Waals surface area contributed by atoms with Gasteiger partial charge in [-0.25, -0.2) is 9.18 Å². The average Bonchev–Trinajstić information content (AvgIpc) is 3.11. The third kappa shape index (κ3) is 5.16. The Morgan fingerprint density at radius 1 is 1.29 bits per heavy atom. The van der Waals surface area contributed by atoms with Gasteiger partial charge in [0.2, 0.25) is 11.8 Å². The van der Waals surface area contributed by atoms with Crippen molar-refractivity contribution in [1.29, 1.82) is 0 Å². The van der Waals surface area contributed by atoms with E-state index in [1.54, 1.807) is 12.1 Å². The molecule has 0 radical (unpaired) electrons. The van der Waals surface area contributed by atoms with Crippen molar-refractivity contribution in [3.8, 4) is 5.75 Å². The van der Waals surface area contributed by atoms with Crippen molar-refractivity contribution in [2.45, 2.75) is 52.1 Å². The number of carbonyl (C=O) groups excluding carboxylic acids is 3. The number of allylic oxidation sites excluding steroid dienone is 2. The summed E-state index contributed by atoms with van der Waals surface area (Å²) in [6.07, 6.45) is 1.98. The van der Waals surface area contributed by atoms with E-state index in [-0.39, 0.29) is 6.42 Å². The lowest BCUT2D eigenvalue weighted by Crippen LogP contribution is -2.40. The fourth-order valence-electron chi connectivity index (χ4n) is 5.25. The molecule has 1 heterocycles. The van der Waals surface area contributed by atoms with Crippen LogP contribution in [0.3, 0.4) is 0 Å². The van der Waals surface area contributed by atoms with Gasteiger partial charge >= 0.3 is 6.09 Å². The highest BCUT2D eigenvalue weighted by Crippen LogP contribution is 2.47. The van der Waals surface area contributed by atoms with Gasteiger partial charge in [-0.2, -0.15) is 4.90 Å². The molecule has 3 amide bonds. The fraction of sp³-hybridized carbons (Fsp3) is 0.500. The van der Waals surface area contributed by atoms with Crippen molar-refractivity contribution in [2.75, 3.05) is 13.7 Å². The Kier molecular flexibility index (Phi) is 8.45. The molecule has 9 heteroatoms.